The molecular formula is C9H12N4. The summed E-state index contributed by atoms with van der Waals surface area (Å²) < 4.78 is 0. The summed E-state index contributed by atoms with van der Waals surface area (Å²) >= 11 is 0. The highest BCUT2D eigenvalue weighted by Gasteiger charge is 2.03. The molecule has 2 aromatic heterocycles. The molecule has 0 amide bonds. The second-order valence-corrected chi connectivity index (χ2v) is 2.89. The first kappa shape index (κ1) is 7.91. The zero-order valence-corrected chi connectivity index (χ0v) is 7.46. The van der Waals surface area contributed by atoms with E-state index in [2.05, 4.69) is 26.6 Å². The van der Waals surface area contributed by atoms with Crippen molar-refractivity contribution >= 4 is 5.82 Å². The number of nitrogens with one attached hydrogen (secondary N) is 3. The van der Waals surface area contributed by atoms with Gasteiger partial charge in [-0.05, 0) is 12.1 Å². The largest absolute Gasteiger partial charge is 0.373 e. The molecule has 0 unspecified atom stereocenters. The molecule has 0 bridgehead atoms. The molecule has 0 aliphatic carbocycles. The van der Waals surface area contributed by atoms with Gasteiger partial charge in [-0.25, -0.2) is 0 Å². The lowest BCUT2D eigenvalue weighted by atomic mass is 10.2. The van der Waals surface area contributed by atoms with Gasteiger partial charge < -0.3 is 10.3 Å². The fourth-order valence-corrected chi connectivity index (χ4v) is 1.34. The highest BCUT2D eigenvalue weighted by Crippen LogP contribution is 2.13. The van der Waals surface area contributed by atoms with Gasteiger partial charge in [0, 0.05) is 30.9 Å². The summed E-state index contributed by atoms with van der Waals surface area (Å²) in [7, 11) is 1.88. The maximum absolute atomic E-state index is 3.97. The molecule has 2 aromatic rings. The van der Waals surface area contributed by atoms with Crippen LogP contribution in [0, 0.1) is 0 Å². The lowest BCUT2D eigenvalue weighted by Gasteiger charge is -1.99. The number of rotatable bonds is 3. The maximum atomic E-state index is 3.97. The molecule has 0 radical (unpaired) electrons. The topological polar surface area (TPSA) is 56.5 Å². The Kier molecular flexibility index (Phi) is 2.04. The molecule has 3 N–H and O–H groups in total. The molecule has 0 saturated heterocycles. The molecule has 0 spiro atoms. The van der Waals surface area contributed by atoms with Gasteiger partial charge in [0.05, 0.1) is 6.20 Å². The van der Waals surface area contributed by atoms with Crippen molar-refractivity contribution in [2.75, 3.05) is 12.4 Å². The Morgan fingerprint density at radius 3 is 3.15 bits per heavy atom. The average molecular weight is 176 g/mol. The molecule has 2 heterocycles. The third-order valence-corrected chi connectivity index (χ3v) is 2.01. The zero-order valence-electron chi connectivity index (χ0n) is 7.46. The summed E-state index contributed by atoms with van der Waals surface area (Å²) in [5.74, 6) is 0.981. The van der Waals surface area contributed by atoms with Crippen LogP contribution in [0.1, 0.15) is 11.3 Å². The highest BCUT2D eigenvalue weighted by molar-refractivity contribution is 5.43. The van der Waals surface area contributed by atoms with Crippen LogP contribution in [0.3, 0.4) is 0 Å². The van der Waals surface area contributed by atoms with Crippen molar-refractivity contribution in [3.8, 4) is 0 Å². The summed E-state index contributed by atoms with van der Waals surface area (Å²) in [5.41, 5.74) is 2.36. The van der Waals surface area contributed by atoms with Gasteiger partial charge in [0.25, 0.3) is 0 Å². The first-order valence-corrected chi connectivity index (χ1v) is 4.22. The fourth-order valence-electron chi connectivity index (χ4n) is 1.34. The molecule has 13 heavy (non-hydrogen) atoms. The van der Waals surface area contributed by atoms with Crippen molar-refractivity contribution in [3.63, 3.8) is 0 Å². The van der Waals surface area contributed by atoms with E-state index in [1.807, 2.05) is 25.5 Å². The Bertz CT molecular complexity index is 361. The van der Waals surface area contributed by atoms with Crippen LogP contribution in [0.4, 0.5) is 5.82 Å². The van der Waals surface area contributed by atoms with Gasteiger partial charge in [-0.1, -0.05) is 0 Å². The predicted molar refractivity (Wildman–Crippen MR) is 51.7 cm³/mol. The molecular weight excluding hydrogens is 164 g/mol. The minimum absolute atomic E-state index is 0.875. The standard InChI is InChI=1S/C9H12N4/c1-10-9-7(6-12-13-9)5-8-3-2-4-11-8/h2-4,6,11H,5H2,1H3,(H2,10,12,13). The van der Waals surface area contributed by atoms with Gasteiger partial charge in [0.15, 0.2) is 0 Å². The molecule has 0 atom stereocenters. The van der Waals surface area contributed by atoms with Gasteiger partial charge in [0.2, 0.25) is 0 Å². The van der Waals surface area contributed by atoms with E-state index in [-0.39, 0.29) is 0 Å². The molecule has 0 saturated carbocycles. The molecule has 0 fully saturated rings. The smallest absolute Gasteiger partial charge is 0.124 e. The zero-order chi connectivity index (χ0) is 9.10. The second kappa shape index (κ2) is 3.35. The number of aromatic amines is 2. The summed E-state index contributed by atoms with van der Waals surface area (Å²) in [4.78, 5) is 3.16. The summed E-state index contributed by atoms with van der Waals surface area (Å²) in [5, 5.41) is 9.92. The van der Waals surface area contributed by atoms with Crippen molar-refractivity contribution in [3.05, 3.63) is 35.8 Å². The third-order valence-electron chi connectivity index (χ3n) is 2.01. The SMILES string of the molecule is CNc1[nH]ncc1Cc1ccc[nH]1. The normalized spacial score (nSPS) is 10.2. The van der Waals surface area contributed by atoms with Crippen LogP contribution in [0.25, 0.3) is 0 Å². The minimum atomic E-state index is 0.875. The number of aromatic nitrogens is 3. The van der Waals surface area contributed by atoms with E-state index in [1.54, 1.807) is 0 Å². The first-order valence-electron chi connectivity index (χ1n) is 4.22. The van der Waals surface area contributed by atoms with Crippen molar-refractivity contribution in [2.45, 2.75) is 6.42 Å². The van der Waals surface area contributed by atoms with E-state index in [0.717, 1.165) is 12.2 Å². The Balaban J connectivity index is 2.18. The van der Waals surface area contributed by atoms with E-state index >= 15 is 0 Å². The van der Waals surface area contributed by atoms with Gasteiger partial charge in [-0.2, -0.15) is 5.10 Å². The van der Waals surface area contributed by atoms with Crippen molar-refractivity contribution < 1.29 is 0 Å². The van der Waals surface area contributed by atoms with Gasteiger partial charge >= 0.3 is 0 Å². The second-order valence-electron chi connectivity index (χ2n) is 2.89. The van der Waals surface area contributed by atoms with Crippen LogP contribution < -0.4 is 5.32 Å². The molecule has 0 aliphatic rings. The Hall–Kier alpha value is -1.71. The van der Waals surface area contributed by atoms with Crippen LogP contribution in [-0.4, -0.2) is 22.2 Å². The molecule has 0 aromatic carbocycles. The first-order chi connectivity index (χ1) is 6.40. The van der Waals surface area contributed by atoms with Crippen molar-refractivity contribution in [2.24, 2.45) is 0 Å². The number of hydrogen-bond donors (Lipinski definition) is 3. The Morgan fingerprint density at radius 1 is 1.54 bits per heavy atom. The lowest BCUT2D eigenvalue weighted by Crippen LogP contribution is -1.94. The summed E-state index contributed by atoms with van der Waals surface area (Å²) in [6, 6.07) is 4.06. The van der Waals surface area contributed by atoms with Crippen LogP contribution in [0.2, 0.25) is 0 Å². The summed E-state index contributed by atoms with van der Waals surface area (Å²) in [6.07, 6.45) is 4.64. The van der Waals surface area contributed by atoms with E-state index in [9.17, 15) is 0 Å². The third kappa shape index (κ3) is 1.56. The molecule has 4 nitrogen and oxygen atoms in total. The number of nitrogens with zero attached hydrogens (tertiary/aromatic N) is 1. The summed E-state index contributed by atoms with van der Waals surface area (Å²) in [6.45, 7) is 0. The molecule has 2 rings (SSSR count). The molecule has 4 heteroatoms. The number of H-pyrrole nitrogens is 2. The quantitative estimate of drug-likeness (QED) is 0.661. The van der Waals surface area contributed by atoms with Crippen LogP contribution in [0.15, 0.2) is 24.5 Å². The Labute approximate surface area is 76.4 Å². The van der Waals surface area contributed by atoms with Crippen LogP contribution in [-0.2, 0) is 6.42 Å². The van der Waals surface area contributed by atoms with E-state index in [4.69, 9.17) is 0 Å². The van der Waals surface area contributed by atoms with Gasteiger partial charge in [-0.15, -0.1) is 0 Å². The number of anilines is 1. The minimum Gasteiger partial charge on any atom is -0.373 e. The van der Waals surface area contributed by atoms with E-state index in [1.165, 1.54) is 11.3 Å². The van der Waals surface area contributed by atoms with Crippen LogP contribution >= 0.6 is 0 Å². The highest BCUT2D eigenvalue weighted by atomic mass is 15.2. The van der Waals surface area contributed by atoms with Crippen molar-refractivity contribution in [1.82, 2.24) is 15.2 Å². The van der Waals surface area contributed by atoms with Crippen molar-refractivity contribution in [1.29, 1.82) is 0 Å². The molecule has 68 valence electrons. The maximum Gasteiger partial charge on any atom is 0.124 e. The fraction of sp³-hybridized carbons (Fsp3) is 0.222. The van der Waals surface area contributed by atoms with Gasteiger partial charge in [0.1, 0.15) is 5.82 Å². The van der Waals surface area contributed by atoms with Gasteiger partial charge in [-0.3, -0.25) is 5.10 Å². The lowest BCUT2D eigenvalue weighted by molar-refractivity contribution is 1.09. The van der Waals surface area contributed by atoms with E-state index < -0.39 is 0 Å². The van der Waals surface area contributed by atoms with E-state index in [0.29, 0.717) is 0 Å². The van der Waals surface area contributed by atoms with Crippen LogP contribution in [0.5, 0.6) is 0 Å². The molecule has 0 aliphatic heterocycles. The monoisotopic (exact) mass is 176 g/mol. The number of hydrogen-bond acceptors (Lipinski definition) is 2. The average Bonchev–Trinajstić information content (AvgIpc) is 2.76. The predicted octanol–water partition coefficient (Wildman–Crippen LogP) is 1.37. The Morgan fingerprint density at radius 2 is 2.46 bits per heavy atom.